The summed E-state index contributed by atoms with van der Waals surface area (Å²) in [5.74, 6) is 0.634. The summed E-state index contributed by atoms with van der Waals surface area (Å²) in [6, 6.07) is 15.2. The summed E-state index contributed by atoms with van der Waals surface area (Å²) in [5.41, 5.74) is 2.62. The molecular formula is C28H29BrCl2N2O4. The molecule has 3 rings (SSSR count). The van der Waals surface area contributed by atoms with Crippen LogP contribution in [-0.4, -0.2) is 17.6 Å². The van der Waals surface area contributed by atoms with Crippen LogP contribution in [-0.2, 0) is 16.1 Å². The van der Waals surface area contributed by atoms with Gasteiger partial charge in [-0.2, -0.15) is 0 Å². The van der Waals surface area contributed by atoms with Crippen LogP contribution < -0.4 is 15.4 Å². The van der Waals surface area contributed by atoms with Gasteiger partial charge >= 0.3 is 6.09 Å². The van der Waals surface area contributed by atoms with Gasteiger partial charge in [0.1, 0.15) is 23.1 Å². The number of nitrogens with one attached hydrogen (secondary N) is 2. The predicted octanol–water partition coefficient (Wildman–Crippen LogP) is 8.05. The summed E-state index contributed by atoms with van der Waals surface area (Å²) in [4.78, 5) is 26.0. The number of alkyl carbamates (subject to hydrolysis) is 1. The van der Waals surface area contributed by atoms with Crippen molar-refractivity contribution in [2.75, 3.05) is 0 Å². The molecule has 0 bridgehead atoms. The zero-order valence-electron chi connectivity index (χ0n) is 21.2. The van der Waals surface area contributed by atoms with E-state index in [0.29, 0.717) is 27.1 Å². The first kappa shape index (κ1) is 28.8. The molecule has 3 aromatic rings. The topological polar surface area (TPSA) is 76.7 Å². The van der Waals surface area contributed by atoms with Crippen LogP contribution in [0.15, 0.2) is 59.1 Å². The SMILES string of the molecule is Cc1cc(C)cc(C(NC(=O)OC(C)(C)C)C(=O)NCc2ccc(Br)cc2Oc2ccc(Cl)c(Cl)c2)c1. The molecule has 0 heterocycles. The molecule has 0 saturated carbocycles. The van der Waals surface area contributed by atoms with Crippen LogP contribution in [0, 0.1) is 13.8 Å². The zero-order chi connectivity index (χ0) is 27.3. The van der Waals surface area contributed by atoms with E-state index in [4.69, 9.17) is 32.7 Å². The lowest BCUT2D eigenvalue weighted by Crippen LogP contribution is -2.42. The van der Waals surface area contributed by atoms with E-state index < -0.39 is 17.7 Å². The van der Waals surface area contributed by atoms with Crippen molar-refractivity contribution in [1.29, 1.82) is 0 Å². The van der Waals surface area contributed by atoms with E-state index in [1.807, 2.05) is 44.2 Å². The molecule has 196 valence electrons. The molecule has 3 aromatic carbocycles. The lowest BCUT2D eigenvalue weighted by atomic mass is 10.0. The Balaban J connectivity index is 1.83. The molecule has 6 nitrogen and oxygen atoms in total. The van der Waals surface area contributed by atoms with Crippen LogP contribution in [0.1, 0.15) is 49.1 Å². The van der Waals surface area contributed by atoms with Gasteiger partial charge in [0.2, 0.25) is 5.91 Å². The molecule has 37 heavy (non-hydrogen) atoms. The van der Waals surface area contributed by atoms with E-state index in [1.165, 1.54) is 0 Å². The number of carbonyl (C=O) groups is 2. The van der Waals surface area contributed by atoms with Crippen molar-refractivity contribution in [3.63, 3.8) is 0 Å². The van der Waals surface area contributed by atoms with E-state index in [0.717, 1.165) is 21.2 Å². The number of aryl methyl sites for hydroxylation is 2. The molecule has 1 atom stereocenters. The molecule has 0 aliphatic carbocycles. The average Bonchev–Trinajstić information content (AvgIpc) is 2.77. The Hall–Kier alpha value is -2.74. The van der Waals surface area contributed by atoms with Gasteiger partial charge in [-0.3, -0.25) is 4.79 Å². The number of carbonyl (C=O) groups excluding carboxylic acids is 2. The van der Waals surface area contributed by atoms with E-state index in [-0.39, 0.29) is 12.5 Å². The zero-order valence-corrected chi connectivity index (χ0v) is 24.3. The van der Waals surface area contributed by atoms with Crippen molar-refractivity contribution in [2.45, 2.75) is 52.8 Å². The van der Waals surface area contributed by atoms with Crippen molar-refractivity contribution in [3.05, 3.63) is 91.4 Å². The number of halogens is 3. The second-order valence-corrected chi connectivity index (χ2v) is 11.4. The molecule has 0 saturated heterocycles. The summed E-state index contributed by atoms with van der Waals surface area (Å²) >= 11 is 15.6. The summed E-state index contributed by atoms with van der Waals surface area (Å²) < 4.78 is 12.2. The van der Waals surface area contributed by atoms with Gasteiger partial charge in [0, 0.05) is 22.6 Å². The summed E-state index contributed by atoms with van der Waals surface area (Å²) in [6.45, 7) is 9.32. The highest BCUT2D eigenvalue weighted by atomic mass is 79.9. The maximum Gasteiger partial charge on any atom is 0.408 e. The number of amides is 2. The van der Waals surface area contributed by atoms with Gasteiger partial charge in [-0.1, -0.05) is 74.5 Å². The molecular weight excluding hydrogens is 579 g/mol. The Bertz CT molecular complexity index is 1290. The van der Waals surface area contributed by atoms with Gasteiger partial charge in [-0.15, -0.1) is 0 Å². The van der Waals surface area contributed by atoms with Crippen LogP contribution in [0.25, 0.3) is 0 Å². The van der Waals surface area contributed by atoms with Crippen molar-refractivity contribution in [2.24, 2.45) is 0 Å². The maximum atomic E-state index is 13.4. The number of ether oxygens (including phenoxy) is 2. The van der Waals surface area contributed by atoms with Crippen LogP contribution in [0.3, 0.4) is 0 Å². The molecule has 0 fully saturated rings. The van der Waals surface area contributed by atoms with Crippen LogP contribution in [0.4, 0.5) is 4.79 Å². The normalized spacial score (nSPS) is 12.0. The fourth-order valence-corrected chi connectivity index (χ4v) is 4.25. The quantitative estimate of drug-likeness (QED) is 0.285. The monoisotopic (exact) mass is 606 g/mol. The highest BCUT2D eigenvalue weighted by Crippen LogP contribution is 2.32. The van der Waals surface area contributed by atoms with Gasteiger partial charge in [0.15, 0.2) is 0 Å². The average molecular weight is 608 g/mol. The largest absolute Gasteiger partial charge is 0.457 e. The third-order valence-electron chi connectivity index (χ3n) is 5.10. The fourth-order valence-electron chi connectivity index (χ4n) is 3.62. The van der Waals surface area contributed by atoms with Crippen LogP contribution in [0.5, 0.6) is 11.5 Å². The Kier molecular flexibility index (Phi) is 9.51. The third-order valence-corrected chi connectivity index (χ3v) is 6.33. The molecule has 0 spiro atoms. The van der Waals surface area contributed by atoms with Crippen molar-refractivity contribution in [3.8, 4) is 11.5 Å². The van der Waals surface area contributed by atoms with Crippen molar-refractivity contribution >= 4 is 51.1 Å². The smallest absolute Gasteiger partial charge is 0.408 e. The minimum atomic E-state index is -0.955. The number of rotatable bonds is 7. The first-order valence-corrected chi connectivity index (χ1v) is 13.1. The van der Waals surface area contributed by atoms with Gasteiger partial charge < -0.3 is 20.1 Å². The van der Waals surface area contributed by atoms with E-state index in [9.17, 15) is 9.59 Å². The minimum Gasteiger partial charge on any atom is -0.457 e. The Labute approximate surface area is 235 Å². The number of hydrogen-bond donors (Lipinski definition) is 2. The lowest BCUT2D eigenvalue weighted by Gasteiger charge is -2.24. The van der Waals surface area contributed by atoms with Crippen LogP contribution >= 0.6 is 39.1 Å². The van der Waals surface area contributed by atoms with Crippen LogP contribution in [0.2, 0.25) is 10.0 Å². The standard InChI is InChI=1S/C28H29BrCl2N2O4/c1-16-10-17(2)12-19(11-16)25(33-27(35)37-28(3,4)5)26(34)32-15-18-6-7-20(29)13-24(18)36-21-8-9-22(30)23(31)14-21/h6-14,25H,15H2,1-5H3,(H,32,34)(H,33,35). The Morgan fingerprint density at radius 1 is 0.946 bits per heavy atom. The summed E-state index contributed by atoms with van der Waals surface area (Å²) in [6.07, 6.45) is -0.681. The second-order valence-electron chi connectivity index (χ2n) is 9.65. The molecule has 0 aromatic heterocycles. The lowest BCUT2D eigenvalue weighted by molar-refractivity contribution is -0.123. The minimum absolute atomic E-state index is 0.153. The molecule has 1 unspecified atom stereocenters. The molecule has 0 aliphatic rings. The van der Waals surface area contributed by atoms with Gasteiger partial charge in [-0.25, -0.2) is 4.79 Å². The van der Waals surface area contributed by atoms with Crippen molar-refractivity contribution < 1.29 is 19.1 Å². The highest BCUT2D eigenvalue weighted by molar-refractivity contribution is 9.10. The van der Waals surface area contributed by atoms with E-state index >= 15 is 0 Å². The fraction of sp³-hybridized carbons (Fsp3) is 0.286. The maximum absolute atomic E-state index is 13.4. The number of hydrogen-bond acceptors (Lipinski definition) is 4. The second kappa shape index (κ2) is 12.2. The molecule has 2 amide bonds. The van der Waals surface area contributed by atoms with Gasteiger partial charge in [-0.05, 0) is 64.4 Å². The van der Waals surface area contributed by atoms with Gasteiger partial charge in [0.25, 0.3) is 0 Å². The Morgan fingerprint density at radius 3 is 2.24 bits per heavy atom. The van der Waals surface area contributed by atoms with E-state index in [2.05, 4.69) is 26.6 Å². The van der Waals surface area contributed by atoms with Gasteiger partial charge in [0.05, 0.1) is 10.0 Å². The first-order valence-electron chi connectivity index (χ1n) is 11.6. The van der Waals surface area contributed by atoms with Crippen molar-refractivity contribution in [1.82, 2.24) is 10.6 Å². The molecule has 9 heteroatoms. The molecule has 2 N–H and O–H groups in total. The first-order chi connectivity index (χ1) is 17.3. The third kappa shape index (κ3) is 8.66. The number of benzene rings is 3. The Morgan fingerprint density at radius 2 is 1.62 bits per heavy atom. The summed E-state index contributed by atoms with van der Waals surface area (Å²) in [7, 11) is 0. The molecule has 0 aliphatic heterocycles. The highest BCUT2D eigenvalue weighted by Gasteiger charge is 2.26. The van der Waals surface area contributed by atoms with E-state index in [1.54, 1.807) is 45.0 Å². The molecule has 0 radical (unpaired) electrons. The predicted molar refractivity (Wildman–Crippen MR) is 151 cm³/mol. The summed E-state index contributed by atoms with van der Waals surface area (Å²) in [5, 5.41) is 6.43.